The highest BCUT2D eigenvalue weighted by Gasteiger charge is 2.30. The summed E-state index contributed by atoms with van der Waals surface area (Å²) in [5.41, 5.74) is 1.11. The van der Waals surface area contributed by atoms with E-state index in [1.807, 2.05) is 24.8 Å². The van der Waals surface area contributed by atoms with E-state index in [0.717, 1.165) is 29.7 Å². The average Bonchev–Trinajstić information content (AvgIpc) is 3.25. The molecule has 170 valence electrons. The zero-order valence-electron chi connectivity index (χ0n) is 17.9. The van der Waals surface area contributed by atoms with Gasteiger partial charge in [0.15, 0.2) is 5.69 Å². The molecule has 3 rings (SSSR count). The molecule has 0 radical (unpaired) electrons. The van der Waals surface area contributed by atoms with Crippen molar-refractivity contribution in [1.82, 2.24) is 20.2 Å². The number of halogens is 3. The Kier molecular flexibility index (Phi) is 7.63. The Hall–Kier alpha value is -3.20. The first-order valence-corrected chi connectivity index (χ1v) is 10.3. The summed E-state index contributed by atoms with van der Waals surface area (Å²) in [6.45, 7) is 5.12. The van der Waals surface area contributed by atoms with Crippen LogP contribution in [0.25, 0.3) is 0 Å². The van der Waals surface area contributed by atoms with Crippen LogP contribution in [0.4, 0.5) is 13.2 Å². The molecular weight excluding hydrogens is 421 g/mol. The molecule has 0 aliphatic heterocycles. The third-order valence-corrected chi connectivity index (χ3v) is 5.18. The van der Waals surface area contributed by atoms with E-state index in [9.17, 15) is 18.0 Å². The average molecular weight is 446 g/mol. The van der Waals surface area contributed by atoms with Crippen molar-refractivity contribution in [1.29, 1.82) is 0 Å². The van der Waals surface area contributed by atoms with Crippen LogP contribution in [0, 0.1) is 0 Å². The van der Waals surface area contributed by atoms with E-state index >= 15 is 0 Å². The van der Waals surface area contributed by atoms with E-state index in [4.69, 9.17) is 4.42 Å². The largest absolute Gasteiger partial charge is 0.447 e. The minimum Gasteiger partial charge on any atom is -0.447 e. The molecule has 0 aliphatic carbocycles. The van der Waals surface area contributed by atoms with Crippen LogP contribution >= 0.6 is 0 Å². The van der Waals surface area contributed by atoms with Gasteiger partial charge in [0.2, 0.25) is 5.89 Å². The zero-order chi connectivity index (χ0) is 23.1. The minimum atomic E-state index is -4.36. The second kappa shape index (κ2) is 10.4. The van der Waals surface area contributed by atoms with Crippen molar-refractivity contribution in [2.45, 2.75) is 52.1 Å². The maximum absolute atomic E-state index is 12.8. The number of pyridine rings is 1. The number of carbonyl (C=O) groups excluding carboxylic acids is 1. The molecular formula is C23H25F3N4O2. The van der Waals surface area contributed by atoms with Crippen molar-refractivity contribution in [3.63, 3.8) is 0 Å². The van der Waals surface area contributed by atoms with Gasteiger partial charge in [0.1, 0.15) is 6.26 Å². The van der Waals surface area contributed by atoms with Crippen LogP contribution in [0.1, 0.15) is 53.3 Å². The Morgan fingerprint density at radius 1 is 1.16 bits per heavy atom. The van der Waals surface area contributed by atoms with Crippen LogP contribution in [0.5, 0.6) is 0 Å². The number of oxazole rings is 1. The summed E-state index contributed by atoms with van der Waals surface area (Å²) in [6.07, 6.45) is 1.10. The lowest BCUT2D eigenvalue weighted by Crippen LogP contribution is -2.32. The fourth-order valence-corrected chi connectivity index (χ4v) is 3.10. The molecule has 1 amide bonds. The topological polar surface area (TPSA) is 71.3 Å². The summed E-state index contributed by atoms with van der Waals surface area (Å²) in [6, 6.07) is 8.89. The van der Waals surface area contributed by atoms with Crippen molar-refractivity contribution in [3.8, 4) is 0 Å². The fraction of sp³-hybridized carbons (Fsp3) is 0.348. The van der Waals surface area contributed by atoms with Gasteiger partial charge in [-0.25, -0.2) is 4.98 Å². The lowest BCUT2D eigenvalue weighted by atomic mass is 10.1. The monoisotopic (exact) mass is 446 g/mol. The van der Waals surface area contributed by atoms with Gasteiger partial charge in [-0.15, -0.1) is 0 Å². The van der Waals surface area contributed by atoms with Gasteiger partial charge in [-0.3, -0.25) is 14.7 Å². The number of carbonyl (C=O) groups is 1. The van der Waals surface area contributed by atoms with Crippen molar-refractivity contribution in [2.75, 3.05) is 0 Å². The van der Waals surface area contributed by atoms with E-state index in [1.54, 1.807) is 18.5 Å². The molecule has 2 heterocycles. The summed E-state index contributed by atoms with van der Waals surface area (Å²) < 4.78 is 43.9. The Labute approximate surface area is 184 Å². The van der Waals surface area contributed by atoms with Crippen LogP contribution in [-0.2, 0) is 25.8 Å². The predicted octanol–water partition coefficient (Wildman–Crippen LogP) is 4.82. The third-order valence-electron chi connectivity index (χ3n) is 5.18. The molecule has 1 N–H and O–H groups in total. The Balaban J connectivity index is 1.63. The van der Waals surface area contributed by atoms with Crippen molar-refractivity contribution >= 4 is 5.91 Å². The molecule has 9 heteroatoms. The maximum Gasteiger partial charge on any atom is 0.416 e. The first-order valence-electron chi connectivity index (χ1n) is 10.3. The summed E-state index contributed by atoms with van der Waals surface area (Å²) in [7, 11) is 0. The van der Waals surface area contributed by atoms with E-state index in [-0.39, 0.29) is 17.6 Å². The second-order valence-corrected chi connectivity index (χ2v) is 7.53. The normalized spacial score (nSPS) is 12.7. The highest BCUT2D eigenvalue weighted by molar-refractivity contribution is 5.91. The molecule has 0 spiro atoms. The SMILES string of the molecule is CCC(C)N(Cc1ccc(C(F)(F)F)cc1)Cc1nc(C(=O)NCc2cccnc2)co1. The van der Waals surface area contributed by atoms with Gasteiger partial charge in [-0.1, -0.05) is 25.1 Å². The summed E-state index contributed by atoms with van der Waals surface area (Å²) in [5.74, 6) is 0.00502. The molecule has 0 aliphatic rings. The number of nitrogens with zero attached hydrogens (tertiary/aromatic N) is 3. The van der Waals surface area contributed by atoms with Crippen LogP contribution in [0.2, 0.25) is 0 Å². The molecule has 2 aromatic heterocycles. The number of hydrogen-bond acceptors (Lipinski definition) is 5. The molecule has 3 aromatic rings. The van der Waals surface area contributed by atoms with E-state index in [0.29, 0.717) is 25.5 Å². The lowest BCUT2D eigenvalue weighted by molar-refractivity contribution is -0.137. The summed E-state index contributed by atoms with van der Waals surface area (Å²) >= 11 is 0. The van der Waals surface area contributed by atoms with Gasteiger partial charge in [0, 0.05) is 31.5 Å². The molecule has 1 unspecified atom stereocenters. The number of aromatic nitrogens is 2. The van der Waals surface area contributed by atoms with Gasteiger partial charge < -0.3 is 9.73 Å². The smallest absolute Gasteiger partial charge is 0.416 e. The number of alkyl halides is 3. The molecule has 1 aromatic carbocycles. The number of hydrogen-bond donors (Lipinski definition) is 1. The van der Waals surface area contributed by atoms with E-state index in [1.165, 1.54) is 18.4 Å². The molecule has 0 saturated carbocycles. The van der Waals surface area contributed by atoms with Crippen molar-refractivity contribution < 1.29 is 22.4 Å². The number of benzene rings is 1. The maximum atomic E-state index is 12.8. The fourth-order valence-electron chi connectivity index (χ4n) is 3.10. The quantitative estimate of drug-likeness (QED) is 0.510. The minimum absolute atomic E-state index is 0.132. The second-order valence-electron chi connectivity index (χ2n) is 7.53. The van der Waals surface area contributed by atoms with Crippen molar-refractivity contribution in [2.24, 2.45) is 0 Å². The third kappa shape index (κ3) is 6.40. The first kappa shape index (κ1) is 23.5. The molecule has 1 atom stereocenters. The van der Waals surface area contributed by atoms with Gasteiger partial charge in [-0.2, -0.15) is 13.2 Å². The zero-order valence-corrected chi connectivity index (χ0v) is 17.9. The predicted molar refractivity (Wildman–Crippen MR) is 112 cm³/mol. The van der Waals surface area contributed by atoms with Gasteiger partial charge in [0.05, 0.1) is 12.1 Å². The molecule has 0 saturated heterocycles. The molecule has 0 bridgehead atoms. The molecule has 32 heavy (non-hydrogen) atoms. The summed E-state index contributed by atoms with van der Waals surface area (Å²) in [5, 5.41) is 2.77. The van der Waals surface area contributed by atoms with Gasteiger partial charge in [-0.05, 0) is 42.7 Å². The number of amides is 1. The Morgan fingerprint density at radius 2 is 1.91 bits per heavy atom. The van der Waals surface area contributed by atoms with Crippen LogP contribution in [0.15, 0.2) is 59.5 Å². The van der Waals surface area contributed by atoms with Gasteiger partial charge >= 0.3 is 6.18 Å². The van der Waals surface area contributed by atoms with E-state index in [2.05, 4.69) is 15.3 Å². The first-order chi connectivity index (χ1) is 15.3. The van der Waals surface area contributed by atoms with E-state index < -0.39 is 11.7 Å². The Morgan fingerprint density at radius 3 is 2.53 bits per heavy atom. The Bertz CT molecular complexity index is 1000. The van der Waals surface area contributed by atoms with Crippen molar-refractivity contribution in [3.05, 3.63) is 83.3 Å². The lowest BCUT2D eigenvalue weighted by Gasteiger charge is -2.27. The van der Waals surface area contributed by atoms with Gasteiger partial charge in [0.25, 0.3) is 5.91 Å². The standard InChI is InChI=1S/C23H25F3N4O2/c1-3-16(2)30(13-17-6-8-19(9-7-17)23(24,25)26)14-21-29-20(15-32-21)22(31)28-12-18-5-4-10-27-11-18/h4-11,15-16H,3,12-14H2,1-2H3,(H,28,31). The molecule has 6 nitrogen and oxygen atoms in total. The van der Waals surface area contributed by atoms with Crippen LogP contribution < -0.4 is 5.32 Å². The highest BCUT2D eigenvalue weighted by atomic mass is 19.4. The number of rotatable bonds is 9. The highest BCUT2D eigenvalue weighted by Crippen LogP contribution is 2.29. The van der Waals surface area contributed by atoms with Crippen LogP contribution in [0.3, 0.4) is 0 Å². The summed E-state index contributed by atoms with van der Waals surface area (Å²) in [4.78, 5) is 22.7. The van der Waals surface area contributed by atoms with Crippen LogP contribution in [-0.4, -0.2) is 26.8 Å². The number of nitrogens with one attached hydrogen (secondary N) is 1. The molecule has 0 fully saturated rings.